The highest BCUT2D eigenvalue weighted by Gasteiger charge is 2.33. The Morgan fingerprint density at radius 3 is 3.19 bits per heavy atom. The fraction of sp³-hybridized carbons (Fsp3) is 0.500. The molecule has 0 aromatic carbocycles. The van der Waals surface area contributed by atoms with Crippen LogP contribution in [0.25, 0.3) is 0 Å². The van der Waals surface area contributed by atoms with Crippen molar-refractivity contribution in [3.63, 3.8) is 0 Å². The van der Waals surface area contributed by atoms with Crippen LogP contribution in [-0.2, 0) is 11.3 Å². The minimum atomic E-state index is -0.0447. The predicted molar refractivity (Wildman–Crippen MR) is 77.1 cm³/mol. The molecule has 2 aromatic rings. The molecule has 1 amide bonds. The number of carbonyl (C=O) groups is 1. The molecule has 21 heavy (non-hydrogen) atoms. The van der Waals surface area contributed by atoms with E-state index in [1.54, 1.807) is 12.5 Å². The molecular weight excluding hydrogens is 290 g/mol. The number of amides is 1. The van der Waals surface area contributed by atoms with Crippen LogP contribution < -0.4 is 0 Å². The van der Waals surface area contributed by atoms with Gasteiger partial charge >= 0.3 is 0 Å². The molecule has 1 unspecified atom stereocenters. The largest absolute Gasteiger partial charge is 0.378 e. The van der Waals surface area contributed by atoms with Gasteiger partial charge in [0.2, 0.25) is 0 Å². The van der Waals surface area contributed by atoms with Gasteiger partial charge in [0.15, 0.2) is 0 Å². The maximum Gasteiger partial charge on any atom is 0.273 e. The first-order valence-corrected chi connectivity index (χ1v) is 7.74. The molecule has 0 N–H and O–H groups in total. The Bertz CT molecular complexity index is 637. The van der Waals surface area contributed by atoms with Crippen molar-refractivity contribution in [1.29, 1.82) is 0 Å². The molecule has 0 spiro atoms. The molecule has 1 aliphatic rings. The van der Waals surface area contributed by atoms with Crippen LogP contribution in [0.5, 0.6) is 0 Å². The summed E-state index contributed by atoms with van der Waals surface area (Å²) in [5.74, 6) is 0.720. The topological polar surface area (TPSA) is 68.5 Å². The second-order valence-electron chi connectivity index (χ2n) is 5.08. The second-order valence-corrected chi connectivity index (χ2v) is 6.02. The monoisotopic (exact) mass is 307 g/mol. The van der Waals surface area contributed by atoms with Crippen molar-refractivity contribution in [2.45, 2.75) is 32.4 Å². The summed E-state index contributed by atoms with van der Waals surface area (Å²) in [6, 6.07) is 1.88. The molecule has 7 heteroatoms. The first-order valence-electron chi connectivity index (χ1n) is 6.86. The minimum absolute atomic E-state index is 0.0116. The molecule has 1 saturated heterocycles. The maximum absolute atomic E-state index is 12.6. The summed E-state index contributed by atoms with van der Waals surface area (Å²) < 4.78 is 10.2. The van der Waals surface area contributed by atoms with Gasteiger partial charge in [-0.2, -0.15) is 0 Å². The van der Waals surface area contributed by atoms with E-state index < -0.39 is 0 Å². The minimum Gasteiger partial charge on any atom is -0.378 e. The van der Waals surface area contributed by atoms with E-state index in [0.717, 1.165) is 35.8 Å². The zero-order chi connectivity index (χ0) is 14.8. The number of methoxy groups -OCH3 is 1. The van der Waals surface area contributed by atoms with Crippen LogP contribution in [0.15, 0.2) is 16.0 Å². The summed E-state index contributed by atoms with van der Waals surface area (Å²) in [4.78, 5) is 18.8. The van der Waals surface area contributed by atoms with Crippen LogP contribution in [0.1, 0.15) is 45.8 Å². The van der Waals surface area contributed by atoms with E-state index in [1.807, 2.05) is 17.9 Å². The number of likely N-dealkylation sites (tertiary alicyclic amines) is 1. The molecule has 112 valence electrons. The fourth-order valence-electron chi connectivity index (χ4n) is 2.61. The quantitative estimate of drug-likeness (QED) is 0.868. The molecule has 0 radical (unpaired) electrons. The average Bonchev–Trinajstić information content (AvgIpc) is 3.17. The molecule has 2 aromatic heterocycles. The van der Waals surface area contributed by atoms with Gasteiger partial charge in [0, 0.05) is 25.1 Å². The molecule has 3 rings (SSSR count). The zero-order valence-electron chi connectivity index (χ0n) is 12.0. The van der Waals surface area contributed by atoms with Crippen molar-refractivity contribution in [3.05, 3.63) is 33.6 Å². The van der Waals surface area contributed by atoms with E-state index in [9.17, 15) is 4.79 Å². The number of thiazole rings is 1. The SMILES string of the molecule is COCc1nc(C(=O)N2CCCC2c2cc(C)on2)cs1. The van der Waals surface area contributed by atoms with E-state index >= 15 is 0 Å². The summed E-state index contributed by atoms with van der Waals surface area (Å²) in [5.41, 5.74) is 1.31. The molecule has 3 heterocycles. The molecular formula is C14H17N3O3S. The van der Waals surface area contributed by atoms with Crippen molar-refractivity contribution >= 4 is 17.2 Å². The lowest BCUT2D eigenvalue weighted by Gasteiger charge is -2.21. The van der Waals surface area contributed by atoms with Gasteiger partial charge in [-0.25, -0.2) is 4.98 Å². The number of hydrogen-bond acceptors (Lipinski definition) is 6. The first kappa shape index (κ1) is 14.2. The summed E-state index contributed by atoms with van der Waals surface area (Å²) >= 11 is 1.44. The summed E-state index contributed by atoms with van der Waals surface area (Å²) in [5, 5.41) is 6.66. The number of ether oxygens (including phenoxy) is 1. The van der Waals surface area contributed by atoms with Crippen molar-refractivity contribution in [2.24, 2.45) is 0 Å². The van der Waals surface area contributed by atoms with E-state index in [-0.39, 0.29) is 11.9 Å². The lowest BCUT2D eigenvalue weighted by molar-refractivity contribution is 0.0725. The molecule has 1 aliphatic heterocycles. The van der Waals surface area contributed by atoms with Gasteiger partial charge in [-0.3, -0.25) is 4.79 Å². The van der Waals surface area contributed by atoms with Crippen LogP contribution in [-0.4, -0.2) is 34.6 Å². The van der Waals surface area contributed by atoms with Crippen molar-refractivity contribution in [2.75, 3.05) is 13.7 Å². The van der Waals surface area contributed by atoms with Gasteiger partial charge in [0.05, 0.1) is 12.6 Å². The lowest BCUT2D eigenvalue weighted by Crippen LogP contribution is -2.31. The Labute approximate surface area is 126 Å². The van der Waals surface area contributed by atoms with Crippen molar-refractivity contribution in [1.82, 2.24) is 15.0 Å². The Morgan fingerprint density at radius 2 is 2.48 bits per heavy atom. The third-order valence-corrected chi connectivity index (χ3v) is 4.36. The highest BCUT2D eigenvalue weighted by atomic mass is 32.1. The number of nitrogens with zero attached hydrogens (tertiary/aromatic N) is 3. The number of aromatic nitrogens is 2. The average molecular weight is 307 g/mol. The summed E-state index contributed by atoms with van der Waals surface area (Å²) in [7, 11) is 1.62. The van der Waals surface area contributed by atoms with Crippen molar-refractivity contribution in [3.8, 4) is 0 Å². The summed E-state index contributed by atoms with van der Waals surface area (Å²) in [6.45, 7) is 3.02. The second kappa shape index (κ2) is 5.95. The Morgan fingerprint density at radius 1 is 1.62 bits per heavy atom. The molecule has 1 atom stereocenters. The van der Waals surface area contributed by atoms with Crippen LogP contribution in [0.3, 0.4) is 0 Å². The highest BCUT2D eigenvalue weighted by Crippen LogP contribution is 2.32. The van der Waals surface area contributed by atoms with E-state index in [4.69, 9.17) is 9.26 Å². The number of carbonyl (C=O) groups excluding carboxylic acids is 1. The van der Waals surface area contributed by atoms with E-state index in [0.29, 0.717) is 12.3 Å². The Balaban J connectivity index is 1.79. The predicted octanol–water partition coefficient (Wildman–Crippen LogP) is 2.56. The van der Waals surface area contributed by atoms with Crippen LogP contribution >= 0.6 is 11.3 Å². The molecule has 0 aliphatic carbocycles. The number of rotatable bonds is 4. The zero-order valence-corrected chi connectivity index (χ0v) is 12.9. The van der Waals surface area contributed by atoms with Gasteiger partial charge < -0.3 is 14.2 Å². The fourth-order valence-corrected chi connectivity index (χ4v) is 3.34. The molecule has 1 fully saturated rings. The van der Waals surface area contributed by atoms with Crippen LogP contribution in [0, 0.1) is 6.92 Å². The van der Waals surface area contributed by atoms with Gasteiger partial charge in [-0.1, -0.05) is 5.16 Å². The number of aryl methyl sites for hydroxylation is 1. The van der Waals surface area contributed by atoms with Gasteiger partial charge in [0.1, 0.15) is 22.2 Å². The number of hydrogen-bond donors (Lipinski definition) is 0. The normalized spacial score (nSPS) is 18.4. The third-order valence-electron chi connectivity index (χ3n) is 3.54. The van der Waals surface area contributed by atoms with Crippen LogP contribution in [0.4, 0.5) is 0 Å². The van der Waals surface area contributed by atoms with E-state index in [2.05, 4.69) is 10.1 Å². The van der Waals surface area contributed by atoms with Gasteiger partial charge in [0.25, 0.3) is 5.91 Å². The highest BCUT2D eigenvalue weighted by molar-refractivity contribution is 7.09. The van der Waals surface area contributed by atoms with Gasteiger partial charge in [-0.05, 0) is 19.8 Å². The van der Waals surface area contributed by atoms with E-state index in [1.165, 1.54) is 11.3 Å². The molecule has 0 bridgehead atoms. The van der Waals surface area contributed by atoms with Gasteiger partial charge in [-0.15, -0.1) is 11.3 Å². The molecule has 0 saturated carbocycles. The smallest absolute Gasteiger partial charge is 0.273 e. The van der Waals surface area contributed by atoms with Crippen LogP contribution in [0.2, 0.25) is 0 Å². The van der Waals surface area contributed by atoms with Crippen molar-refractivity contribution < 1.29 is 14.1 Å². The maximum atomic E-state index is 12.6. The first-order chi connectivity index (χ1) is 10.2. The Kier molecular flexibility index (Phi) is 4.03. The summed E-state index contributed by atoms with van der Waals surface area (Å²) in [6.07, 6.45) is 1.88. The molecule has 6 nitrogen and oxygen atoms in total. The Hall–Kier alpha value is -1.73. The standard InChI is InChI=1S/C14H17N3O3S/c1-9-6-10(16-20-9)12-4-3-5-17(12)14(18)11-8-21-13(15-11)7-19-2/h6,8,12H,3-5,7H2,1-2H3. The lowest BCUT2D eigenvalue weighted by atomic mass is 10.1. The third kappa shape index (κ3) is 2.84.